The quantitative estimate of drug-likeness (QED) is 0.878. The molecular weight excluding hydrogens is 244 g/mol. The summed E-state index contributed by atoms with van der Waals surface area (Å²) in [4.78, 5) is 22.6. The fourth-order valence-corrected chi connectivity index (χ4v) is 1.24. The van der Waals surface area contributed by atoms with E-state index in [-0.39, 0.29) is 24.9 Å². The van der Waals surface area contributed by atoms with Crippen LogP contribution in [0.3, 0.4) is 0 Å². The summed E-state index contributed by atoms with van der Waals surface area (Å²) < 4.78 is 4.95. The zero-order chi connectivity index (χ0) is 14.3. The Balaban J connectivity index is 2.34. The molecule has 0 bridgehead atoms. The summed E-state index contributed by atoms with van der Waals surface area (Å²) in [7, 11) is 0. The van der Waals surface area contributed by atoms with E-state index in [9.17, 15) is 9.59 Å². The molecule has 0 aliphatic carbocycles. The van der Waals surface area contributed by atoms with Gasteiger partial charge in [-0.3, -0.25) is 4.79 Å². The molecule has 0 saturated carbocycles. The summed E-state index contributed by atoms with van der Waals surface area (Å²) in [6.07, 6.45) is -0.627. The van der Waals surface area contributed by atoms with Crippen molar-refractivity contribution in [2.24, 2.45) is 5.92 Å². The predicted octanol–water partition coefficient (Wildman–Crippen LogP) is 2.01. The smallest absolute Gasteiger partial charge is 0.407 e. The van der Waals surface area contributed by atoms with Gasteiger partial charge < -0.3 is 10.1 Å². The van der Waals surface area contributed by atoms with Gasteiger partial charge in [0, 0.05) is 5.92 Å². The first-order chi connectivity index (χ1) is 9.02. The summed E-state index contributed by atoms with van der Waals surface area (Å²) >= 11 is 0. The van der Waals surface area contributed by atoms with Crippen LogP contribution in [0.15, 0.2) is 24.3 Å². The van der Waals surface area contributed by atoms with Crippen LogP contribution in [0.2, 0.25) is 0 Å². The summed E-state index contributed by atoms with van der Waals surface area (Å²) in [6.45, 7) is 3.62. The lowest BCUT2D eigenvalue weighted by Crippen LogP contribution is -2.31. The van der Waals surface area contributed by atoms with Gasteiger partial charge in [0.1, 0.15) is 6.61 Å². The van der Waals surface area contributed by atoms with E-state index < -0.39 is 6.09 Å². The Labute approximate surface area is 112 Å². The molecule has 1 aromatic carbocycles. The highest BCUT2D eigenvalue weighted by Crippen LogP contribution is 2.04. The molecule has 0 aliphatic rings. The molecule has 0 radical (unpaired) electrons. The Morgan fingerprint density at radius 2 is 1.95 bits per heavy atom. The SMILES string of the molecule is CC(C)C(=O)CNC(=O)OCc1ccc(C#N)cc1. The van der Waals surface area contributed by atoms with E-state index in [1.165, 1.54) is 0 Å². The number of nitrogens with zero attached hydrogens (tertiary/aromatic N) is 1. The number of hydrogen-bond donors (Lipinski definition) is 1. The van der Waals surface area contributed by atoms with Gasteiger partial charge in [0.2, 0.25) is 0 Å². The molecule has 1 rings (SSSR count). The van der Waals surface area contributed by atoms with Crippen molar-refractivity contribution in [3.8, 4) is 6.07 Å². The van der Waals surface area contributed by atoms with E-state index in [1.54, 1.807) is 38.1 Å². The lowest BCUT2D eigenvalue weighted by molar-refractivity contribution is -0.120. The second kappa shape index (κ2) is 7.17. The zero-order valence-electron chi connectivity index (χ0n) is 11.0. The van der Waals surface area contributed by atoms with Gasteiger partial charge >= 0.3 is 6.09 Å². The third kappa shape index (κ3) is 5.21. The molecule has 0 aromatic heterocycles. The molecule has 0 atom stereocenters. The summed E-state index contributed by atoms with van der Waals surface area (Å²) in [5.41, 5.74) is 1.33. The third-order valence-corrected chi connectivity index (χ3v) is 2.50. The van der Waals surface area contributed by atoms with Gasteiger partial charge in [0.15, 0.2) is 5.78 Å². The lowest BCUT2D eigenvalue weighted by Gasteiger charge is -2.08. The van der Waals surface area contributed by atoms with Crippen LogP contribution >= 0.6 is 0 Å². The average Bonchev–Trinajstić information content (AvgIpc) is 2.42. The molecule has 5 nitrogen and oxygen atoms in total. The number of carbonyl (C=O) groups excluding carboxylic acids is 2. The molecule has 1 amide bonds. The Kier molecular flexibility index (Phi) is 5.55. The Morgan fingerprint density at radius 1 is 1.32 bits per heavy atom. The van der Waals surface area contributed by atoms with Crippen molar-refractivity contribution in [3.05, 3.63) is 35.4 Å². The van der Waals surface area contributed by atoms with E-state index in [0.717, 1.165) is 5.56 Å². The molecule has 0 heterocycles. The van der Waals surface area contributed by atoms with Crippen LogP contribution in [0, 0.1) is 17.2 Å². The van der Waals surface area contributed by atoms with Crippen LogP contribution in [0.25, 0.3) is 0 Å². The van der Waals surface area contributed by atoms with Gasteiger partial charge in [-0.05, 0) is 17.7 Å². The topological polar surface area (TPSA) is 79.2 Å². The number of alkyl carbamates (subject to hydrolysis) is 1. The monoisotopic (exact) mass is 260 g/mol. The summed E-state index contributed by atoms with van der Waals surface area (Å²) in [5.74, 6) is -0.158. The van der Waals surface area contributed by atoms with E-state index in [2.05, 4.69) is 5.32 Å². The number of nitriles is 1. The fraction of sp³-hybridized carbons (Fsp3) is 0.357. The molecule has 1 aromatic rings. The number of benzene rings is 1. The molecule has 0 fully saturated rings. The number of carbonyl (C=O) groups is 2. The van der Waals surface area contributed by atoms with Gasteiger partial charge in [-0.15, -0.1) is 0 Å². The minimum Gasteiger partial charge on any atom is -0.445 e. The van der Waals surface area contributed by atoms with Gasteiger partial charge in [-0.2, -0.15) is 5.26 Å². The van der Waals surface area contributed by atoms with Crippen molar-refractivity contribution in [2.45, 2.75) is 20.5 Å². The zero-order valence-corrected chi connectivity index (χ0v) is 11.0. The van der Waals surface area contributed by atoms with Crippen molar-refractivity contribution in [1.82, 2.24) is 5.32 Å². The molecule has 0 saturated heterocycles. The number of rotatable bonds is 5. The molecule has 100 valence electrons. The predicted molar refractivity (Wildman–Crippen MR) is 69.2 cm³/mol. The molecule has 0 spiro atoms. The largest absolute Gasteiger partial charge is 0.445 e. The van der Waals surface area contributed by atoms with Crippen LogP contribution in [0.4, 0.5) is 4.79 Å². The Morgan fingerprint density at radius 3 is 2.47 bits per heavy atom. The highest BCUT2D eigenvalue weighted by molar-refractivity contribution is 5.85. The third-order valence-electron chi connectivity index (χ3n) is 2.50. The standard InChI is InChI=1S/C14H16N2O3/c1-10(2)13(17)8-16-14(18)19-9-12-5-3-11(7-15)4-6-12/h3-6,10H,8-9H2,1-2H3,(H,16,18). The molecule has 1 N–H and O–H groups in total. The van der Waals surface area contributed by atoms with Crippen LogP contribution in [-0.2, 0) is 16.1 Å². The minimum absolute atomic E-state index is 0.0239. The molecule has 0 aliphatic heterocycles. The lowest BCUT2D eigenvalue weighted by atomic mass is 10.1. The van der Waals surface area contributed by atoms with Crippen LogP contribution in [0.1, 0.15) is 25.0 Å². The van der Waals surface area contributed by atoms with E-state index in [1.807, 2.05) is 6.07 Å². The van der Waals surface area contributed by atoms with Crippen LogP contribution in [-0.4, -0.2) is 18.4 Å². The van der Waals surface area contributed by atoms with Gasteiger partial charge in [-0.25, -0.2) is 4.79 Å². The van der Waals surface area contributed by atoms with Crippen LogP contribution in [0.5, 0.6) is 0 Å². The first kappa shape index (κ1) is 14.7. The van der Waals surface area contributed by atoms with E-state index >= 15 is 0 Å². The fourth-order valence-electron chi connectivity index (χ4n) is 1.24. The Bertz CT molecular complexity index is 486. The van der Waals surface area contributed by atoms with Crippen molar-refractivity contribution in [3.63, 3.8) is 0 Å². The number of amides is 1. The van der Waals surface area contributed by atoms with Gasteiger partial charge in [-0.1, -0.05) is 26.0 Å². The number of Topliss-reactive ketones (excluding diaryl/α,β-unsaturated/α-hetero) is 1. The Hall–Kier alpha value is -2.35. The molecule has 0 unspecified atom stereocenters. The number of nitrogens with one attached hydrogen (secondary N) is 1. The molecule has 5 heteroatoms. The van der Waals surface area contributed by atoms with Crippen molar-refractivity contribution < 1.29 is 14.3 Å². The second-order valence-electron chi connectivity index (χ2n) is 4.36. The highest BCUT2D eigenvalue weighted by atomic mass is 16.5. The van der Waals surface area contributed by atoms with Gasteiger partial charge in [0.05, 0.1) is 18.2 Å². The van der Waals surface area contributed by atoms with Crippen molar-refractivity contribution >= 4 is 11.9 Å². The maximum Gasteiger partial charge on any atom is 0.407 e. The van der Waals surface area contributed by atoms with E-state index in [0.29, 0.717) is 5.56 Å². The first-order valence-electron chi connectivity index (χ1n) is 5.95. The maximum atomic E-state index is 11.3. The molecular formula is C14H16N2O3. The normalized spacial score (nSPS) is 9.79. The van der Waals surface area contributed by atoms with Crippen molar-refractivity contribution in [1.29, 1.82) is 5.26 Å². The maximum absolute atomic E-state index is 11.3. The highest BCUT2D eigenvalue weighted by Gasteiger charge is 2.09. The van der Waals surface area contributed by atoms with Gasteiger partial charge in [0.25, 0.3) is 0 Å². The second-order valence-corrected chi connectivity index (χ2v) is 4.36. The summed E-state index contributed by atoms with van der Waals surface area (Å²) in [5, 5.41) is 11.0. The van der Waals surface area contributed by atoms with E-state index in [4.69, 9.17) is 10.00 Å². The van der Waals surface area contributed by atoms with Crippen LogP contribution < -0.4 is 5.32 Å². The minimum atomic E-state index is -0.627. The number of ketones is 1. The first-order valence-corrected chi connectivity index (χ1v) is 5.95. The molecule has 19 heavy (non-hydrogen) atoms. The summed E-state index contributed by atoms with van der Waals surface area (Å²) in [6, 6.07) is 8.73. The van der Waals surface area contributed by atoms with Crippen molar-refractivity contribution in [2.75, 3.05) is 6.54 Å². The average molecular weight is 260 g/mol. The number of ether oxygens (including phenoxy) is 1. The number of hydrogen-bond acceptors (Lipinski definition) is 4.